The van der Waals surface area contributed by atoms with E-state index < -0.39 is 11.9 Å². The van der Waals surface area contributed by atoms with Crippen LogP contribution in [0.5, 0.6) is 0 Å². The molecule has 0 bridgehead atoms. The maximum Gasteiger partial charge on any atom is 0.331 e. The molecule has 0 aliphatic rings. The van der Waals surface area contributed by atoms with Gasteiger partial charge in [-0.05, 0) is 6.92 Å². The fourth-order valence-corrected chi connectivity index (χ4v) is 1.21. The second-order valence-electron chi connectivity index (χ2n) is 4.17. The molecule has 108 valence electrons. The SMILES string of the molecule is CCOC(=O)/C=C/C(=O)OCCN(C)C(=O)C(C)C. The number of hydrogen-bond acceptors (Lipinski definition) is 5. The summed E-state index contributed by atoms with van der Waals surface area (Å²) in [6.45, 7) is 5.92. The zero-order valence-electron chi connectivity index (χ0n) is 11.8. The third-order valence-electron chi connectivity index (χ3n) is 2.18. The summed E-state index contributed by atoms with van der Waals surface area (Å²) in [7, 11) is 1.64. The highest BCUT2D eigenvalue weighted by Crippen LogP contribution is 1.98. The minimum atomic E-state index is -0.640. The number of amides is 1. The van der Waals surface area contributed by atoms with Gasteiger partial charge in [0.2, 0.25) is 5.91 Å². The van der Waals surface area contributed by atoms with Crippen LogP contribution in [0.2, 0.25) is 0 Å². The van der Waals surface area contributed by atoms with Gasteiger partial charge in [-0.25, -0.2) is 9.59 Å². The molecule has 6 nitrogen and oxygen atoms in total. The highest BCUT2D eigenvalue weighted by Gasteiger charge is 2.12. The molecule has 0 N–H and O–H groups in total. The Labute approximate surface area is 113 Å². The molecule has 0 aliphatic heterocycles. The Kier molecular flexibility index (Phi) is 8.24. The van der Waals surface area contributed by atoms with E-state index in [1.54, 1.807) is 27.8 Å². The van der Waals surface area contributed by atoms with Gasteiger partial charge >= 0.3 is 11.9 Å². The monoisotopic (exact) mass is 271 g/mol. The van der Waals surface area contributed by atoms with Crippen LogP contribution < -0.4 is 0 Å². The lowest BCUT2D eigenvalue weighted by Gasteiger charge is -2.18. The van der Waals surface area contributed by atoms with Crippen LogP contribution in [-0.2, 0) is 23.9 Å². The molecule has 0 saturated heterocycles. The smallest absolute Gasteiger partial charge is 0.331 e. The van der Waals surface area contributed by atoms with Crippen molar-refractivity contribution in [3.8, 4) is 0 Å². The van der Waals surface area contributed by atoms with Crippen molar-refractivity contribution in [1.29, 1.82) is 0 Å². The van der Waals surface area contributed by atoms with E-state index in [0.717, 1.165) is 12.2 Å². The number of rotatable bonds is 7. The van der Waals surface area contributed by atoms with Crippen LogP contribution in [0, 0.1) is 5.92 Å². The van der Waals surface area contributed by atoms with Crippen molar-refractivity contribution in [2.24, 2.45) is 5.92 Å². The molecule has 0 aromatic rings. The number of carbonyl (C=O) groups is 3. The summed E-state index contributed by atoms with van der Waals surface area (Å²) in [5, 5.41) is 0. The third kappa shape index (κ3) is 7.96. The van der Waals surface area contributed by atoms with Crippen molar-refractivity contribution in [1.82, 2.24) is 4.90 Å². The van der Waals surface area contributed by atoms with Crippen LogP contribution in [0.25, 0.3) is 0 Å². The van der Waals surface area contributed by atoms with Crippen LogP contribution in [0.4, 0.5) is 0 Å². The lowest BCUT2D eigenvalue weighted by Crippen LogP contribution is -2.33. The lowest BCUT2D eigenvalue weighted by atomic mass is 10.2. The van der Waals surface area contributed by atoms with Gasteiger partial charge < -0.3 is 14.4 Å². The van der Waals surface area contributed by atoms with Gasteiger partial charge in [0.05, 0.1) is 13.2 Å². The maximum absolute atomic E-state index is 11.5. The molecule has 0 atom stereocenters. The molecule has 0 heterocycles. The summed E-state index contributed by atoms with van der Waals surface area (Å²) in [6.07, 6.45) is 2.01. The van der Waals surface area contributed by atoms with E-state index in [1.165, 1.54) is 4.90 Å². The molecule has 6 heteroatoms. The molecule has 0 fully saturated rings. The first-order valence-electron chi connectivity index (χ1n) is 6.15. The molecule has 0 spiro atoms. The van der Waals surface area contributed by atoms with Crippen molar-refractivity contribution in [2.75, 3.05) is 26.8 Å². The minimum absolute atomic E-state index is 0.0156. The Hall–Kier alpha value is -1.85. The summed E-state index contributed by atoms with van der Waals surface area (Å²) in [6, 6.07) is 0. The van der Waals surface area contributed by atoms with E-state index in [-0.39, 0.29) is 25.0 Å². The van der Waals surface area contributed by atoms with Gasteiger partial charge in [-0.2, -0.15) is 0 Å². The lowest BCUT2D eigenvalue weighted by molar-refractivity contribution is -0.142. The third-order valence-corrected chi connectivity index (χ3v) is 2.18. The number of hydrogen-bond donors (Lipinski definition) is 0. The highest BCUT2D eigenvalue weighted by molar-refractivity contribution is 5.91. The molecule has 1 amide bonds. The number of carbonyl (C=O) groups excluding carboxylic acids is 3. The van der Waals surface area contributed by atoms with Crippen LogP contribution in [0.15, 0.2) is 12.2 Å². The van der Waals surface area contributed by atoms with Gasteiger partial charge in [-0.1, -0.05) is 13.8 Å². The molecular weight excluding hydrogens is 250 g/mol. The van der Waals surface area contributed by atoms with Gasteiger partial charge in [0.25, 0.3) is 0 Å². The second kappa shape index (κ2) is 9.13. The first-order chi connectivity index (χ1) is 8.88. The summed E-state index contributed by atoms with van der Waals surface area (Å²) in [4.78, 5) is 35.1. The average molecular weight is 271 g/mol. The van der Waals surface area contributed by atoms with E-state index in [2.05, 4.69) is 4.74 Å². The van der Waals surface area contributed by atoms with Crippen molar-refractivity contribution < 1.29 is 23.9 Å². The van der Waals surface area contributed by atoms with Gasteiger partial charge in [0.1, 0.15) is 6.61 Å². The molecule has 0 rings (SSSR count). The van der Waals surface area contributed by atoms with E-state index in [9.17, 15) is 14.4 Å². The largest absolute Gasteiger partial charge is 0.463 e. The molecule has 0 aromatic carbocycles. The Balaban J connectivity index is 3.92. The minimum Gasteiger partial charge on any atom is -0.463 e. The summed E-state index contributed by atoms with van der Waals surface area (Å²) < 4.78 is 9.45. The fraction of sp³-hybridized carbons (Fsp3) is 0.615. The van der Waals surface area contributed by atoms with E-state index in [1.807, 2.05) is 0 Å². The van der Waals surface area contributed by atoms with Gasteiger partial charge in [0, 0.05) is 25.1 Å². The van der Waals surface area contributed by atoms with Gasteiger partial charge in [-0.3, -0.25) is 4.79 Å². The Morgan fingerprint density at radius 1 is 1.11 bits per heavy atom. The number of nitrogens with zero attached hydrogens (tertiary/aromatic N) is 1. The molecule has 0 radical (unpaired) electrons. The average Bonchev–Trinajstić information content (AvgIpc) is 2.35. The molecule has 0 aliphatic carbocycles. The zero-order chi connectivity index (χ0) is 14.8. The normalized spacial score (nSPS) is 10.6. The van der Waals surface area contributed by atoms with Crippen LogP contribution >= 0.6 is 0 Å². The second-order valence-corrected chi connectivity index (χ2v) is 4.17. The Morgan fingerprint density at radius 2 is 1.63 bits per heavy atom. The summed E-state index contributed by atoms with van der Waals surface area (Å²) >= 11 is 0. The Morgan fingerprint density at radius 3 is 2.11 bits per heavy atom. The van der Waals surface area contributed by atoms with Gasteiger partial charge in [-0.15, -0.1) is 0 Å². The van der Waals surface area contributed by atoms with Crippen molar-refractivity contribution >= 4 is 17.8 Å². The number of ether oxygens (including phenoxy) is 2. The summed E-state index contributed by atoms with van der Waals surface area (Å²) in [5.41, 5.74) is 0. The molecular formula is C13H21NO5. The van der Waals surface area contributed by atoms with Crippen LogP contribution in [0.1, 0.15) is 20.8 Å². The first-order valence-corrected chi connectivity index (χ1v) is 6.15. The molecule has 0 saturated carbocycles. The molecule has 0 aromatic heterocycles. The van der Waals surface area contributed by atoms with Crippen molar-refractivity contribution in [3.63, 3.8) is 0 Å². The number of likely N-dealkylation sites (N-methyl/N-ethyl adjacent to an activating group) is 1. The quantitative estimate of drug-likeness (QED) is 0.505. The van der Waals surface area contributed by atoms with Crippen molar-refractivity contribution in [3.05, 3.63) is 12.2 Å². The standard InChI is InChI=1S/C13H21NO5/c1-5-18-11(15)6-7-12(16)19-9-8-14(4)13(17)10(2)3/h6-7,10H,5,8-9H2,1-4H3/b7-6+. The van der Waals surface area contributed by atoms with Gasteiger partial charge in [0.15, 0.2) is 0 Å². The highest BCUT2D eigenvalue weighted by atomic mass is 16.5. The topological polar surface area (TPSA) is 72.9 Å². The van der Waals surface area contributed by atoms with Crippen LogP contribution in [0.3, 0.4) is 0 Å². The molecule has 19 heavy (non-hydrogen) atoms. The Bertz CT molecular complexity index is 349. The summed E-state index contributed by atoms with van der Waals surface area (Å²) in [5.74, 6) is -1.34. The van der Waals surface area contributed by atoms with E-state index >= 15 is 0 Å². The van der Waals surface area contributed by atoms with E-state index in [0.29, 0.717) is 6.54 Å². The van der Waals surface area contributed by atoms with Crippen molar-refractivity contribution in [2.45, 2.75) is 20.8 Å². The van der Waals surface area contributed by atoms with E-state index in [4.69, 9.17) is 4.74 Å². The fourth-order valence-electron chi connectivity index (χ4n) is 1.21. The first kappa shape index (κ1) is 17.2. The van der Waals surface area contributed by atoms with Crippen LogP contribution in [-0.4, -0.2) is 49.6 Å². The maximum atomic E-state index is 11.5. The predicted octanol–water partition coefficient (Wildman–Crippen LogP) is 0.763. The zero-order valence-corrected chi connectivity index (χ0v) is 11.8. The number of esters is 2. The molecule has 0 unspecified atom stereocenters. The predicted molar refractivity (Wildman–Crippen MR) is 69.2 cm³/mol.